The van der Waals surface area contributed by atoms with Gasteiger partial charge in [-0.2, -0.15) is 5.10 Å². The molecule has 3 rings (SSSR count). The molecule has 1 aromatic carbocycles. The number of aromatic amines is 2. The number of aryl methyl sites for hydroxylation is 2. The predicted octanol–water partition coefficient (Wildman–Crippen LogP) is 2.63. The Morgan fingerprint density at radius 1 is 1.10 bits per heavy atom. The first kappa shape index (κ1) is 13.2. The molecular weight excluding hydrogens is 264 g/mol. The van der Waals surface area contributed by atoms with E-state index in [9.17, 15) is 4.79 Å². The van der Waals surface area contributed by atoms with Crippen LogP contribution in [0.5, 0.6) is 0 Å². The second kappa shape index (κ2) is 4.94. The van der Waals surface area contributed by atoms with Gasteiger partial charge in [-0.3, -0.25) is 9.89 Å². The molecule has 0 aliphatic rings. The molecule has 0 unspecified atom stereocenters. The van der Waals surface area contributed by atoms with E-state index >= 15 is 0 Å². The van der Waals surface area contributed by atoms with Crippen molar-refractivity contribution >= 4 is 5.82 Å². The number of nitrogens with two attached hydrogens (primary N) is 1. The Kier molecular flexibility index (Phi) is 3.10. The summed E-state index contributed by atoms with van der Waals surface area (Å²) in [6.07, 6.45) is 0. The molecule has 0 amide bonds. The van der Waals surface area contributed by atoms with E-state index in [2.05, 4.69) is 41.2 Å². The first-order chi connectivity index (χ1) is 10.1. The van der Waals surface area contributed by atoms with Crippen LogP contribution in [-0.2, 0) is 0 Å². The number of pyridine rings is 1. The van der Waals surface area contributed by atoms with Crippen molar-refractivity contribution in [2.75, 3.05) is 5.73 Å². The summed E-state index contributed by atoms with van der Waals surface area (Å²) in [6, 6.07) is 11.1. The summed E-state index contributed by atoms with van der Waals surface area (Å²) in [5, 5.41) is 6.99. The lowest BCUT2D eigenvalue weighted by atomic mass is 9.99. The van der Waals surface area contributed by atoms with Gasteiger partial charge in [0, 0.05) is 6.07 Å². The smallest absolute Gasteiger partial charge is 0.248 e. The van der Waals surface area contributed by atoms with Crippen molar-refractivity contribution in [2.24, 2.45) is 0 Å². The van der Waals surface area contributed by atoms with Crippen LogP contribution < -0.4 is 11.3 Å². The molecule has 0 atom stereocenters. The van der Waals surface area contributed by atoms with Crippen molar-refractivity contribution in [1.82, 2.24) is 15.2 Å². The zero-order valence-corrected chi connectivity index (χ0v) is 11.9. The van der Waals surface area contributed by atoms with Gasteiger partial charge in [0.05, 0.1) is 17.0 Å². The molecule has 0 saturated heterocycles. The van der Waals surface area contributed by atoms with Gasteiger partial charge in [0.1, 0.15) is 0 Å². The van der Waals surface area contributed by atoms with Crippen molar-refractivity contribution in [1.29, 1.82) is 0 Å². The number of hydrogen-bond acceptors (Lipinski definition) is 3. The first-order valence-corrected chi connectivity index (χ1v) is 6.67. The van der Waals surface area contributed by atoms with Crippen LogP contribution in [0.2, 0.25) is 0 Å². The predicted molar refractivity (Wildman–Crippen MR) is 84.0 cm³/mol. The Bertz CT molecular complexity index is 861. The van der Waals surface area contributed by atoms with Crippen LogP contribution in [0.3, 0.4) is 0 Å². The fourth-order valence-electron chi connectivity index (χ4n) is 2.33. The fraction of sp³-hybridized carbons (Fsp3) is 0.125. The van der Waals surface area contributed by atoms with Gasteiger partial charge in [-0.25, -0.2) is 0 Å². The van der Waals surface area contributed by atoms with Crippen LogP contribution in [-0.4, -0.2) is 15.2 Å². The van der Waals surface area contributed by atoms with Crippen LogP contribution >= 0.6 is 0 Å². The van der Waals surface area contributed by atoms with Gasteiger partial charge in [-0.1, -0.05) is 24.3 Å². The van der Waals surface area contributed by atoms with Crippen LogP contribution in [0.1, 0.15) is 11.1 Å². The molecule has 0 spiro atoms. The molecular formula is C16H16N4O. The minimum Gasteiger partial charge on any atom is -0.382 e. The SMILES string of the molecule is Cc1ccc(-c2c(N)n[nH]c2-c2cccc(=O)[nH]2)cc1C. The Hall–Kier alpha value is -2.82. The van der Waals surface area contributed by atoms with Gasteiger partial charge < -0.3 is 10.7 Å². The number of aromatic nitrogens is 3. The lowest BCUT2D eigenvalue weighted by Gasteiger charge is -2.07. The highest BCUT2D eigenvalue weighted by Gasteiger charge is 2.15. The van der Waals surface area contributed by atoms with E-state index in [1.54, 1.807) is 6.07 Å². The Morgan fingerprint density at radius 2 is 1.90 bits per heavy atom. The molecule has 2 heterocycles. The van der Waals surface area contributed by atoms with E-state index in [-0.39, 0.29) is 5.56 Å². The monoisotopic (exact) mass is 280 g/mol. The van der Waals surface area contributed by atoms with Crippen LogP contribution in [0, 0.1) is 13.8 Å². The molecule has 5 nitrogen and oxygen atoms in total. The number of anilines is 1. The van der Waals surface area contributed by atoms with E-state index in [0.717, 1.165) is 11.1 Å². The standard InChI is InChI=1S/C16H16N4O/c1-9-6-7-11(8-10(9)2)14-15(19-20-16(14)17)12-4-3-5-13(21)18-12/h3-8H,1-2H3,(H,18,21)(H3,17,19,20). The number of nitrogens with one attached hydrogen (secondary N) is 2. The summed E-state index contributed by atoms with van der Waals surface area (Å²) >= 11 is 0. The quantitative estimate of drug-likeness (QED) is 0.674. The van der Waals surface area contributed by atoms with Crippen molar-refractivity contribution in [3.63, 3.8) is 0 Å². The molecule has 2 aromatic heterocycles. The number of H-pyrrole nitrogens is 2. The molecule has 106 valence electrons. The van der Waals surface area contributed by atoms with Gasteiger partial charge in [0.25, 0.3) is 0 Å². The highest BCUT2D eigenvalue weighted by Crippen LogP contribution is 2.34. The number of nitrogens with zero attached hydrogens (tertiary/aromatic N) is 1. The highest BCUT2D eigenvalue weighted by molar-refractivity contribution is 5.86. The van der Waals surface area contributed by atoms with Gasteiger partial charge in [-0.05, 0) is 36.6 Å². The Balaban J connectivity index is 2.21. The maximum atomic E-state index is 11.5. The van der Waals surface area contributed by atoms with E-state index in [0.29, 0.717) is 17.2 Å². The largest absolute Gasteiger partial charge is 0.382 e. The van der Waals surface area contributed by atoms with Crippen molar-refractivity contribution < 1.29 is 0 Å². The number of benzene rings is 1. The average molecular weight is 280 g/mol. The molecule has 4 N–H and O–H groups in total. The number of nitrogen functional groups attached to an aromatic ring is 1. The Morgan fingerprint density at radius 3 is 2.62 bits per heavy atom. The van der Waals surface area contributed by atoms with E-state index < -0.39 is 0 Å². The summed E-state index contributed by atoms with van der Waals surface area (Å²) in [5.41, 5.74) is 11.4. The zero-order valence-electron chi connectivity index (χ0n) is 11.9. The van der Waals surface area contributed by atoms with Crippen molar-refractivity contribution in [3.8, 4) is 22.5 Å². The molecule has 21 heavy (non-hydrogen) atoms. The summed E-state index contributed by atoms with van der Waals surface area (Å²) in [5.74, 6) is 0.415. The molecule has 0 saturated carbocycles. The third-order valence-electron chi connectivity index (χ3n) is 3.63. The Labute approximate surface area is 121 Å². The van der Waals surface area contributed by atoms with Gasteiger partial charge in [0.2, 0.25) is 5.56 Å². The molecule has 0 aliphatic carbocycles. The topological polar surface area (TPSA) is 87.6 Å². The molecule has 5 heteroatoms. The lowest BCUT2D eigenvalue weighted by Crippen LogP contribution is -2.04. The third-order valence-corrected chi connectivity index (χ3v) is 3.63. The maximum absolute atomic E-state index is 11.5. The van der Waals surface area contributed by atoms with Gasteiger partial charge >= 0.3 is 0 Å². The first-order valence-electron chi connectivity index (χ1n) is 6.67. The minimum absolute atomic E-state index is 0.160. The highest BCUT2D eigenvalue weighted by atomic mass is 16.1. The molecule has 0 fully saturated rings. The normalized spacial score (nSPS) is 10.8. The molecule has 0 aliphatic heterocycles. The molecule has 0 radical (unpaired) electrons. The van der Waals surface area contributed by atoms with E-state index in [1.165, 1.54) is 17.2 Å². The average Bonchev–Trinajstić information content (AvgIpc) is 2.84. The number of hydrogen-bond donors (Lipinski definition) is 3. The summed E-state index contributed by atoms with van der Waals surface area (Å²) < 4.78 is 0. The summed E-state index contributed by atoms with van der Waals surface area (Å²) in [4.78, 5) is 14.3. The van der Waals surface area contributed by atoms with Crippen LogP contribution in [0.4, 0.5) is 5.82 Å². The molecule has 3 aromatic rings. The van der Waals surface area contributed by atoms with Crippen LogP contribution in [0.15, 0.2) is 41.2 Å². The fourth-order valence-corrected chi connectivity index (χ4v) is 2.33. The second-order valence-electron chi connectivity index (χ2n) is 5.09. The second-order valence-corrected chi connectivity index (χ2v) is 5.09. The number of rotatable bonds is 2. The maximum Gasteiger partial charge on any atom is 0.248 e. The molecule has 0 bridgehead atoms. The van der Waals surface area contributed by atoms with Crippen molar-refractivity contribution in [3.05, 3.63) is 57.9 Å². The minimum atomic E-state index is -0.160. The van der Waals surface area contributed by atoms with E-state index in [1.807, 2.05) is 12.1 Å². The van der Waals surface area contributed by atoms with Gasteiger partial charge in [-0.15, -0.1) is 0 Å². The van der Waals surface area contributed by atoms with Crippen molar-refractivity contribution in [2.45, 2.75) is 13.8 Å². The summed E-state index contributed by atoms with van der Waals surface area (Å²) in [6.45, 7) is 4.12. The lowest BCUT2D eigenvalue weighted by molar-refractivity contribution is 1.09. The van der Waals surface area contributed by atoms with Crippen LogP contribution in [0.25, 0.3) is 22.5 Å². The third kappa shape index (κ3) is 2.33. The summed E-state index contributed by atoms with van der Waals surface area (Å²) in [7, 11) is 0. The van der Waals surface area contributed by atoms with E-state index in [4.69, 9.17) is 5.73 Å². The zero-order chi connectivity index (χ0) is 15.0. The van der Waals surface area contributed by atoms with Gasteiger partial charge in [0.15, 0.2) is 5.82 Å².